The second-order valence-corrected chi connectivity index (χ2v) is 7.60. The molecule has 1 aromatic heterocycles. The van der Waals surface area contributed by atoms with Crippen molar-refractivity contribution in [3.8, 4) is 18.1 Å². The molecule has 3 rings (SSSR count). The average molecular weight is 378 g/mol. The molecule has 0 aliphatic carbocycles. The Morgan fingerprint density at radius 2 is 2.00 bits per heavy atom. The van der Waals surface area contributed by atoms with Gasteiger partial charge in [0.15, 0.2) is 4.80 Å². The van der Waals surface area contributed by atoms with E-state index in [4.69, 9.17) is 11.2 Å². The smallest absolute Gasteiger partial charge is 0.252 e. The number of nitrogens with zero attached hydrogens (tertiary/aromatic N) is 2. The van der Waals surface area contributed by atoms with Crippen LogP contribution in [0.4, 0.5) is 0 Å². The third-order valence-corrected chi connectivity index (χ3v) is 5.40. The van der Waals surface area contributed by atoms with Crippen molar-refractivity contribution in [2.45, 2.75) is 32.7 Å². The van der Waals surface area contributed by atoms with Crippen LogP contribution in [0.3, 0.4) is 0 Å². The van der Waals surface area contributed by atoms with E-state index in [0.29, 0.717) is 17.3 Å². The molecular formula is C22H22N2O2S. The van der Waals surface area contributed by atoms with Crippen molar-refractivity contribution in [3.05, 3.63) is 58.4 Å². The van der Waals surface area contributed by atoms with Gasteiger partial charge in [0.05, 0.1) is 30.3 Å². The number of aromatic nitrogens is 1. The summed E-state index contributed by atoms with van der Waals surface area (Å²) in [6.45, 7) is 4.66. The molecule has 5 heteroatoms. The second kappa shape index (κ2) is 8.24. The van der Waals surface area contributed by atoms with Gasteiger partial charge in [-0.1, -0.05) is 55.4 Å². The largest absolute Gasteiger partial charge is 0.497 e. The van der Waals surface area contributed by atoms with Crippen LogP contribution in [0, 0.1) is 12.3 Å². The summed E-state index contributed by atoms with van der Waals surface area (Å²) in [4.78, 5) is 17.4. The van der Waals surface area contributed by atoms with E-state index in [0.717, 1.165) is 21.5 Å². The van der Waals surface area contributed by atoms with Gasteiger partial charge in [-0.2, -0.15) is 4.99 Å². The Morgan fingerprint density at radius 1 is 1.26 bits per heavy atom. The van der Waals surface area contributed by atoms with Crippen molar-refractivity contribution in [2.24, 2.45) is 4.99 Å². The van der Waals surface area contributed by atoms with Gasteiger partial charge in [0.25, 0.3) is 5.91 Å². The number of thiazole rings is 1. The normalized spacial score (nSPS) is 11.7. The van der Waals surface area contributed by atoms with E-state index in [1.54, 1.807) is 7.11 Å². The van der Waals surface area contributed by atoms with Gasteiger partial charge < -0.3 is 9.30 Å². The van der Waals surface area contributed by atoms with Gasteiger partial charge in [-0.25, -0.2) is 0 Å². The van der Waals surface area contributed by atoms with Gasteiger partial charge >= 0.3 is 0 Å². The molecule has 1 heterocycles. The maximum atomic E-state index is 12.5. The van der Waals surface area contributed by atoms with Crippen LogP contribution in [-0.4, -0.2) is 17.6 Å². The van der Waals surface area contributed by atoms with Gasteiger partial charge in [0, 0.05) is 0 Å². The summed E-state index contributed by atoms with van der Waals surface area (Å²) in [5.41, 5.74) is 3.17. The fourth-order valence-corrected chi connectivity index (χ4v) is 3.93. The Hall–Kier alpha value is -2.84. The van der Waals surface area contributed by atoms with E-state index in [-0.39, 0.29) is 12.3 Å². The number of amides is 1. The first-order chi connectivity index (χ1) is 13.0. The minimum Gasteiger partial charge on any atom is -0.497 e. The topological polar surface area (TPSA) is 43.6 Å². The molecule has 4 nitrogen and oxygen atoms in total. The third-order valence-electron chi connectivity index (χ3n) is 4.36. The highest BCUT2D eigenvalue weighted by molar-refractivity contribution is 7.16. The summed E-state index contributed by atoms with van der Waals surface area (Å²) in [5, 5.41) is 0. The van der Waals surface area contributed by atoms with Gasteiger partial charge in [-0.05, 0) is 35.2 Å². The molecule has 2 aromatic carbocycles. The molecule has 0 saturated heterocycles. The molecule has 0 spiro atoms. The molecule has 0 aliphatic heterocycles. The molecule has 1 amide bonds. The Kier molecular flexibility index (Phi) is 5.78. The Morgan fingerprint density at radius 3 is 2.63 bits per heavy atom. The van der Waals surface area contributed by atoms with Crippen molar-refractivity contribution < 1.29 is 9.53 Å². The number of carbonyl (C=O) groups is 1. The number of benzene rings is 2. The quantitative estimate of drug-likeness (QED) is 0.627. The molecular weight excluding hydrogens is 356 g/mol. The Bertz CT molecular complexity index is 1070. The zero-order valence-electron chi connectivity index (χ0n) is 15.7. The number of hydrogen-bond donors (Lipinski definition) is 0. The highest BCUT2D eigenvalue weighted by atomic mass is 32.1. The first-order valence-electron chi connectivity index (χ1n) is 8.79. The molecule has 0 aliphatic rings. The van der Waals surface area contributed by atoms with Gasteiger partial charge in [0.1, 0.15) is 5.75 Å². The van der Waals surface area contributed by atoms with E-state index in [1.807, 2.05) is 34.9 Å². The maximum absolute atomic E-state index is 12.5. The number of terminal acetylenes is 1. The van der Waals surface area contributed by atoms with E-state index in [2.05, 4.69) is 36.9 Å². The zero-order chi connectivity index (χ0) is 19.4. The fourth-order valence-electron chi connectivity index (χ4n) is 2.85. The van der Waals surface area contributed by atoms with Crippen LogP contribution in [0.25, 0.3) is 10.2 Å². The fraction of sp³-hybridized carbons (Fsp3) is 0.273. The molecule has 3 aromatic rings. The number of rotatable bonds is 5. The number of methoxy groups -OCH3 is 1. The van der Waals surface area contributed by atoms with Crippen molar-refractivity contribution in [1.82, 2.24) is 4.57 Å². The summed E-state index contributed by atoms with van der Waals surface area (Å²) in [7, 11) is 1.63. The first-order valence-corrected chi connectivity index (χ1v) is 9.60. The van der Waals surface area contributed by atoms with E-state index < -0.39 is 0 Å². The van der Waals surface area contributed by atoms with Crippen LogP contribution in [0.5, 0.6) is 5.75 Å². The van der Waals surface area contributed by atoms with Gasteiger partial charge in [-0.3, -0.25) is 4.79 Å². The number of ether oxygens (including phenoxy) is 1. The summed E-state index contributed by atoms with van der Waals surface area (Å²) in [5.74, 6) is 3.69. The van der Waals surface area contributed by atoms with Crippen molar-refractivity contribution in [3.63, 3.8) is 0 Å². The molecule has 0 radical (unpaired) electrons. The Balaban J connectivity index is 1.92. The third kappa shape index (κ3) is 4.29. The molecule has 0 unspecified atom stereocenters. The van der Waals surface area contributed by atoms with Crippen molar-refractivity contribution >= 4 is 27.5 Å². The minimum absolute atomic E-state index is 0.184. The lowest BCUT2D eigenvalue weighted by Crippen LogP contribution is -2.17. The molecule has 0 N–H and O–H groups in total. The lowest BCUT2D eigenvalue weighted by molar-refractivity contribution is -0.117. The van der Waals surface area contributed by atoms with E-state index in [9.17, 15) is 4.79 Å². The highest BCUT2D eigenvalue weighted by Gasteiger charge is 2.09. The molecule has 138 valence electrons. The van der Waals surface area contributed by atoms with Crippen LogP contribution in [0.15, 0.2) is 47.5 Å². The standard InChI is InChI=1S/C22H22N2O2S/c1-5-12-24-19-11-10-18(26-4)14-20(19)27-22(24)23-21(25)13-16-6-8-17(9-7-16)15(2)3/h1,6-11,14-15H,12-13H2,2-4H3. The molecule has 0 atom stereocenters. The summed E-state index contributed by atoms with van der Waals surface area (Å²) in [6.07, 6.45) is 5.78. The first kappa shape index (κ1) is 18.9. The lowest BCUT2D eigenvalue weighted by Gasteiger charge is -2.05. The predicted molar refractivity (Wildman–Crippen MR) is 110 cm³/mol. The zero-order valence-corrected chi connectivity index (χ0v) is 16.5. The lowest BCUT2D eigenvalue weighted by atomic mass is 10.0. The SMILES string of the molecule is C#CCn1c(=NC(=O)Cc2ccc(C(C)C)cc2)sc2cc(OC)ccc21. The second-order valence-electron chi connectivity index (χ2n) is 6.59. The van der Waals surface area contributed by atoms with Crippen molar-refractivity contribution in [1.29, 1.82) is 0 Å². The number of fused-ring (bicyclic) bond motifs is 1. The van der Waals surface area contributed by atoms with Gasteiger partial charge in [-0.15, -0.1) is 6.42 Å². The maximum Gasteiger partial charge on any atom is 0.252 e. The average Bonchev–Trinajstić information content (AvgIpc) is 2.98. The summed E-state index contributed by atoms with van der Waals surface area (Å²) in [6, 6.07) is 13.9. The van der Waals surface area contributed by atoms with Crippen LogP contribution in [0.2, 0.25) is 0 Å². The molecule has 0 fully saturated rings. The Labute approximate surface area is 163 Å². The van der Waals surface area contributed by atoms with Crippen LogP contribution < -0.4 is 9.54 Å². The minimum atomic E-state index is -0.184. The summed E-state index contributed by atoms with van der Waals surface area (Å²) >= 11 is 1.44. The van der Waals surface area contributed by atoms with E-state index >= 15 is 0 Å². The van der Waals surface area contributed by atoms with Crippen LogP contribution in [-0.2, 0) is 17.8 Å². The molecule has 0 bridgehead atoms. The summed E-state index contributed by atoms with van der Waals surface area (Å²) < 4.78 is 8.15. The predicted octanol–water partition coefficient (Wildman–Crippen LogP) is 4.14. The van der Waals surface area contributed by atoms with Crippen molar-refractivity contribution in [2.75, 3.05) is 7.11 Å². The molecule has 27 heavy (non-hydrogen) atoms. The monoisotopic (exact) mass is 378 g/mol. The van der Waals surface area contributed by atoms with Crippen LogP contribution in [0.1, 0.15) is 30.9 Å². The molecule has 0 saturated carbocycles. The number of carbonyl (C=O) groups excluding carboxylic acids is 1. The van der Waals surface area contributed by atoms with Crippen LogP contribution >= 0.6 is 11.3 Å². The highest BCUT2D eigenvalue weighted by Crippen LogP contribution is 2.23. The number of hydrogen-bond acceptors (Lipinski definition) is 3. The van der Waals surface area contributed by atoms with Gasteiger partial charge in [0.2, 0.25) is 0 Å². The van der Waals surface area contributed by atoms with E-state index in [1.165, 1.54) is 16.9 Å².